The van der Waals surface area contributed by atoms with Crippen LogP contribution in [0.25, 0.3) is 0 Å². The molecule has 1 aliphatic carbocycles. The van der Waals surface area contributed by atoms with Gasteiger partial charge < -0.3 is 4.90 Å². The van der Waals surface area contributed by atoms with Gasteiger partial charge in [0.2, 0.25) is 0 Å². The van der Waals surface area contributed by atoms with E-state index in [1.54, 1.807) is 0 Å². The lowest BCUT2D eigenvalue weighted by Gasteiger charge is -2.28. The standard InChI is InChI=1S/C13H19N3O2S/c1-2-11-9-12(15-13(14-11)10-3-4-10)16-5-7-19(17,18)8-6-16/h9-10H,2-8H2,1H3. The van der Waals surface area contributed by atoms with Gasteiger partial charge in [-0.2, -0.15) is 0 Å². The van der Waals surface area contributed by atoms with E-state index in [2.05, 4.69) is 21.8 Å². The van der Waals surface area contributed by atoms with Gasteiger partial charge >= 0.3 is 0 Å². The molecular formula is C13H19N3O2S. The van der Waals surface area contributed by atoms with Crippen molar-refractivity contribution in [3.8, 4) is 0 Å². The van der Waals surface area contributed by atoms with Crippen molar-refractivity contribution in [3.05, 3.63) is 17.6 Å². The smallest absolute Gasteiger partial charge is 0.153 e. The van der Waals surface area contributed by atoms with Crippen LogP contribution in [0.1, 0.15) is 37.2 Å². The molecule has 2 heterocycles. The van der Waals surface area contributed by atoms with Gasteiger partial charge in [-0.15, -0.1) is 0 Å². The van der Waals surface area contributed by atoms with E-state index in [4.69, 9.17) is 0 Å². The summed E-state index contributed by atoms with van der Waals surface area (Å²) in [5.74, 6) is 2.85. The fourth-order valence-electron chi connectivity index (χ4n) is 2.31. The van der Waals surface area contributed by atoms with Gasteiger partial charge in [0.25, 0.3) is 0 Å². The molecule has 0 aromatic carbocycles. The number of aromatic nitrogens is 2. The Labute approximate surface area is 114 Å². The molecule has 1 aromatic rings. The summed E-state index contributed by atoms with van der Waals surface area (Å²) in [6.07, 6.45) is 3.25. The van der Waals surface area contributed by atoms with Crippen molar-refractivity contribution in [2.24, 2.45) is 0 Å². The summed E-state index contributed by atoms with van der Waals surface area (Å²) in [6, 6.07) is 2.00. The highest BCUT2D eigenvalue weighted by molar-refractivity contribution is 7.91. The molecule has 5 nitrogen and oxygen atoms in total. The fraction of sp³-hybridized carbons (Fsp3) is 0.692. The Balaban J connectivity index is 1.85. The molecule has 0 amide bonds. The highest BCUT2D eigenvalue weighted by Gasteiger charge is 2.29. The lowest BCUT2D eigenvalue weighted by atomic mass is 10.2. The molecule has 1 aliphatic heterocycles. The zero-order valence-electron chi connectivity index (χ0n) is 11.2. The Bertz CT molecular complexity index is 568. The molecule has 0 bridgehead atoms. The van der Waals surface area contributed by atoms with E-state index in [9.17, 15) is 8.42 Å². The monoisotopic (exact) mass is 281 g/mol. The Morgan fingerprint density at radius 1 is 1.26 bits per heavy atom. The highest BCUT2D eigenvalue weighted by Crippen LogP contribution is 2.38. The van der Waals surface area contributed by atoms with Gasteiger partial charge in [-0.1, -0.05) is 6.92 Å². The second-order valence-electron chi connectivity index (χ2n) is 5.34. The van der Waals surface area contributed by atoms with Crippen LogP contribution in [-0.4, -0.2) is 43.0 Å². The predicted molar refractivity (Wildman–Crippen MR) is 74.3 cm³/mol. The average Bonchev–Trinajstić information content (AvgIpc) is 3.22. The van der Waals surface area contributed by atoms with Gasteiger partial charge in [-0.25, -0.2) is 18.4 Å². The van der Waals surface area contributed by atoms with Gasteiger partial charge in [0, 0.05) is 30.8 Å². The molecule has 6 heteroatoms. The Morgan fingerprint density at radius 3 is 2.53 bits per heavy atom. The molecule has 0 spiro atoms. The van der Waals surface area contributed by atoms with Crippen LogP contribution in [0.3, 0.4) is 0 Å². The van der Waals surface area contributed by atoms with E-state index in [-0.39, 0.29) is 11.5 Å². The van der Waals surface area contributed by atoms with E-state index in [0.717, 1.165) is 23.8 Å². The largest absolute Gasteiger partial charge is 0.354 e. The first-order valence-corrected chi connectivity index (χ1v) is 8.73. The van der Waals surface area contributed by atoms with Crippen LogP contribution < -0.4 is 4.90 Å². The zero-order valence-corrected chi connectivity index (χ0v) is 12.0. The van der Waals surface area contributed by atoms with E-state index < -0.39 is 9.84 Å². The maximum Gasteiger partial charge on any atom is 0.153 e. The summed E-state index contributed by atoms with van der Waals surface area (Å²) < 4.78 is 23.0. The molecule has 19 heavy (non-hydrogen) atoms. The van der Waals surface area contributed by atoms with Crippen molar-refractivity contribution in [2.45, 2.75) is 32.1 Å². The van der Waals surface area contributed by atoms with Crippen LogP contribution in [0, 0.1) is 0 Å². The first kappa shape index (κ1) is 12.8. The van der Waals surface area contributed by atoms with Crippen LogP contribution >= 0.6 is 0 Å². The van der Waals surface area contributed by atoms with Crippen molar-refractivity contribution in [2.75, 3.05) is 29.5 Å². The summed E-state index contributed by atoms with van der Waals surface area (Å²) in [5, 5.41) is 0. The maximum absolute atomic E-state index is 11.5. The average molecular weight is 281 g/mol. The van der Waals surface area contributed by atoms with Crippen molar-refractivity contribution < 1.29 is 8.42 Å². The molecule has 2 aliphatic rings. The van der Waals surface area contributed by atoms with E-state index >= 15 is 0 Å². The molecule has 0 atom stereocenters. The summed E-state index contributed by atoms with van der Waals surface area (Å²) in [6.45, 7) is 3.18. The summed E-state index contributed by atoms with van der Waals surface area (Å²) in [5.41, 5.74) is 1.06. The summed E-state index contributed by atoms with van der Waals surface area (Å²) in [7, 11) is -2.84. The third-order valence-corrected chi connectivity index (χ3v) is 5.37. The third-order valence-electron chi connectivity index (χ3n) is 3.76. The number of hydrogen-bond acceptors (Lipinski definition) is 5. The lowest BCUT2D eigenvalue weighted by Crippen LogP contribution is -2.40. The van der Waals surface area contributed by atoms with Crippen LogP contribution in [-0.2, 0) is 16.3 Å². The van der Waals surface area contributed by atoms with Gasteiger partial charge in [0.05, 0.1) is 11.5 Å². The number of sulfone groups is 1. The minimum Gasteiger partial charge on any atom is -0.354 e. The van der Waals surface area contributed by atoms with Crippen LogP contribution in [0.5, 0.6) is 0 Å². The number of hydrogen-bond donors (Lipinski definition) is 0. The van der Waals surface area contributed by atoms with E-state index in [1.165, 1.54) is 12.8 Å². The van der Waals surface area contributed by atoms with Gasteiger partial charge in [-0.3, -0.25) is 0 Å². The normalized spacial score (nSPS) is 22.5. The van der Waals surface area contributed by atoms with Crippen molar-refractivity contribution >= 4 is 15.7 Å². The number of rotatable bonds is 3. The molecule has 0 radical (unpaired) electrons. The molecule has 1 aromatic heterocycles. The predicted octanol–water partition coefficient (Wildman–Crippen LogP) is 1.15. The molecule has 2 fully saturated rings. The first-order chi connectivity index (χ1) is 9.07. The summed E-state index contributed by atoms with van der Waals surface area (Å²) in [4.78, 5) is 11.3. The molecular weight excluding hydrogens is 262 g/mol. The molecule has 0 unspecified atom stereocenters. The minimum absolute atomic E-state index is 0.233. The minimum atomic E-state index is -2.84. The molecule has 1 saturated carbocycles. The van der Waals surface area contributed by atoms with Crippen LogP contribution in [0.4, 0.5) is 5.82 Å². The second kappa shape index (κ2) is 4.74. The van der Waals surface area contributed by atoms with Gasteiger partial charge in [0.1, 0.15) is 11.6 Å². The maximum atomic E-state index is 11.5. The Hall–Kier alpha value is -1.17. The third kappa shape index (κ3) is 2.88. The van der Waals surface area contributed by atoms with Crippen molar-refractivity contribution in [1.82, 2.24) is 9.97 Å². The highest BCUT2D eigenvalue weighted by atomic mass is 32.2. The number of aryl methyl sites for hydroxylation is 1. The summed E-state index contributed by atoms with van der Waals surface area (Å²) >= 11 is 0. The SMILES string of the molecule is CCc1cc(N2CCS(=O)(=O)CC2)nc(C2CC2)n1. The number of anilines is 1. The zero-order chi connectivity index (χ0) is 13.5. The van der Waals surface area contributed by atoms with E-state index in [1.807, 2.05) is 6.07 Å². The number of nitrogens with zero attached hydrogens (tertiary/aromatic N) is 3. The van der Waals surface area contributed by atoms with Crippen molar-refractivity contribution in [3.63, 3.8) is 0 Å². The first-order valence-electron chi connectivity index (χ1n) is 6.90. The Kier molecular flexibility index (Phi) is 3.20. The molecule has 0 N–H and O–H groups in total. The van der Waals surface area contributed by atoms with E-state index in [0.29, 0.717) is 19.0 Å². The fourth-order valence-corrected chi connectivity index (χ4v) is 3.51. The molecule has 104 valence electrons. The van der Waals surface area contributed by atoms with Gasteiger partial charge in [-0.05, 0) is 19.3 Å². The topological polar surface area (TPSA) is 63.2 Å². The van der Waals surface area contributed by atoms with Crippen LogP contribution in [0.2, 0.25) is 0 Å². The molecule has 1 saturated heterocycles. The Morgan fingerprint density at radius 2 is 1.95 bits per heavy atom. The molecule has 3 rings (SSSR count). The quantitative estimate of drug-likeness (QED) is 0.831. The second-order valence-corrected chi connectivity index (χ2v) is 7.65. The lowest BCUT2D eigenvalue weighted by molar-refractivity contribution is 0.586. The van der Waals surface area contributed by atoms with Crippen molar-refractivity contribution in [1.29, 1.82) is 0 Å². The van der Waals surface area contributed by atoms with Gasteiger partial charge in [0.15, 0.2) is 9.84 Å². The van der Waals surface area contributed by atoms with Crippen LogP contribution in [0.15, 0.2) is 6.07 Å².